The molecule has 7 amide bonds. The van der Waals surface area contributed by atoms with E-state index in [0.717, 1.165) is 5.56 Å². The van der Waals surface area contributed by atoms with E-state index in [9.17, 15) is 53.4 Å². The number of aliphatic carboxylic acids is 2. The molecule has 0 aromatic heterocycles. The van der Waals surface area contributed by atoms with Crippen LogP contribution in [0.3, 0.4) is 0 Å². The van der Waals surface area contributed by atoms with E-state index in [-0.39, 0.29) is 57.4 Å². The van der Waals surface area contributed by atoms with E-state index in [4.69, 9.17) is 17.2 Å². The second-order valence-electron chi connectivity index (χ2n) is 14.2. The molecule has 0 aliphatic heterocycles. The van der Waals surface area contributed by atoms with Gasteiger partial charge in [-0.1, -0.05) is 36.8 Å². The van der Waals surface area contributed by atoms with Crippen LogP contribution in [0.25, 0.3) is 0 Å². The number of rotatable bonds is 28. The van der Waals surface area contributed by atoms with Gasteiger partial charge in [-0.25, -0.2) is 9.59 Å². The van der Waals surface area contributed by atoms with E-state index in [1.54, 1.807) is 36.4 Å². The van der Waals surface area contributed by atoms with E-state index in [1.165, 1.54) is 0 Å². The maximum Gasteiger partial charge on any atom is 0.323 e. The Bertz CT molecular complexity index is 1790. The van der Waals surface area contributed by atoms with Gasteiger partial charge < -0.3 is 54.0 Å². The third-order valence-corrected chi connectivity index (χ3v) is 9.36. The molecule has 2 rings (SSSR count). The molecule has 19 nitrogen and oxygen atoms in total. The second kappa shape index (κ2) is 25.8. The van der Waals surface area contributed by atoms with Gasteiger partial charge in [0, 0.05) is 61.9 Å². The van der Waals surface area contributed by atoms with Crippen molar-refractivity contribution in [1.82, 2.24) is 16.0 Å². The van der Waals surface area contributed by atoms with Gasteiger partial charge in [0.15, 0.2) is 5.78 Å². The van der Waals surface area contributed by atoms with Crippen LogP contribution < -0.4 is 43.8 Å². The molecule has 4 atom stereocenters. The Morgan fingerprint density at radius 1 is 0.678 bits per heavy atom. The van der Waals surface area contributed by atoms with Gasteiger partial charge in [0.2, 0.25) is 17.7 Å². The second-order valence-corrected chi connectivity index (χ2v) is 14.2. The molecule has 0 aliphatic carbocycles. The molecule has 59 heavy (non-hydrogen) atoms. The molecule has 0 spiro atoms. The van der Waals surface area contributed by atoms with Gasteiger partial charge in [-0.05, 0) is 81.3 Å². The molecule has 0 heterocycles. The number of amides is 7. The lowest BCUT2D eigenvalue weighted by molar-refractivity contribution is -0.140. The zero-order chi connectivity index (χ0) is 43.9. The number of benzene rings is 2. The Labute approximate surface area is 342 Å². The zero-order valence-corrected chi connectivity index (χ0v) is 33.1. The number of unbranched alkanes of at least 4 members (excludes halogenated alkanes) is 1. The number of ketones is 2. The molecule has 0 bridgehead atoms. The van der Waals surface area contributed by atoms with Gasteiger partial charge in [-0.2, -0.15) is 0 Å². The SMILES string of the molecule is Cc1ccccc1NC(=O)Nc1ccc(CC(=O)C[C@@H](CCCCNC(N)=O)C(=O)N[C@@H](CCC(=O)O)C(=O)C[C@@H](CCC(=O)O)C(=O)N[C@@H](CCCN)C(N)=O)cc1. The number of urea groups is 2. The predicted octanol–water partition coefficient (Wildman–Crippen LogP) is 2.09. The van der Waals surface area contributed by atoms with E-state index in [2.05, 4.69) is 26.6 Å². The molecule has 0 saturated heterocycles. The number of hydrogen-bond donors (Lipinski definition) is 10. The average molecular weight is 825 g/mol. The maximum atomic E-state index is 13.8. The monoisotopic (exact) mass is 824 g/mol. The number of carbonyl (C=O) groups excluding carboxylic acids is 7. The Kier molecular flexibility index (Phi) is 21.3. The molecule has 13 N–H and O–H groups in total. The van der Waals surface area contributed by atoms with Crippen molar-refractivity contribution in [3.8, 4) is 0 Å². The lowest BCUT2D eigenvalue weighted by Crippen LogP contribution is -2.48. The first kappa shape index (κ1) is 48.8. The summed E-state index contributed by atoms with van der Waals surface area (Å²) in [5.74, 6) is -8.32. The standard InChI is InChI=1S/C40H56N8O11/c1-24-7-2-3-9-30(24)48-40(59)45-28-14-11-25(12-15-28)21-29(49)22-26(8-4-5-20-44-39(43)58)37(56)46-31(16-18-35(53)54)33(50)23-27(13-17-34(51)52)38(57)47-32(36(42)55)10-6-19-41/h2-3,7,9,11-12,14-15,26-27,31-32H,4-6,8,10,13,16-23,41H2,1H3,(H2,42,55)(H,46,56)(H,47,57)(H,51,52)(H,53,54)(H3,43,44,58)(H2,45,48,59)/t26-,27-,31+,32+/m1/s1. The van der Waals surface area contributed by atoms with Crippen LogP contribution in [0.2, 0.25) is 0 Å². The number of hydrogen-bond acceptors (Lipinski definition) is 10. The van der Waals surface area contributed by atoms with Crippen molar-refractivity contribution in [1.29, 1.82) is 0 Å². The van der Waals surface area contributed by atoms with Gasteiger partial charge in [0.05, 0.1) is 6.04 Å². The number of Topliss-reactive ketones (excluding diaryl/α,β-unsaturated/α-hetero) is 2. The van der Waals surface area contributed by atoms with Crippen molar-refractivity contribution in [2.24, 2.45) is 29.0 Å². The Morgan fingerprint density at radius 3 is 1.88 bits per heavy atom. The minimum absolute atomic E-state index is 0.0813. The summed E-state index contributed by atoms with van der Waals surface area (Å²) in [6.45, 7) is 2.25. The Balaban J connectivity index is 2.22. The number of carbonyl (C=O) groups is 9. The largest absolute Gasteiger partial charge is 0.481 e. The molecule has 0 unspecified atom stereocenters. The smallest absolute Gasteiger partial charge is 0.323 e. The van der Waals surface area contributed by atoms with Crippen molar-refractivity contribution < 1.29 is 53.4 Å². The van der Waals surface area contributed by atoms with E-state index in [1.807, 2.05) is 19.1 Å². The maximum absolute atomic E-state index is 13.8. The number of anilines is 2. The van der Waals surface area contributed by atoms with Crippen molar-refractivity contribution in [3.05, 3.63) is 59.7 Å². The third kappa shape index (κ3) is 19.6. The molecule has 0 radical (unpaired) electrons. The molecule has 2 aromatic rings. The van der Waals surface area contributed by atoms with Gasteiger partial charge in [0.1, 0.15) is 11.8 Å². The van der Waals surface area contributed by atoms with Gasteiger partial charge in [-0.15, -0.1) is 0 Å². The number of para-hydroxylation sites is 1. The summed E-state index contributed by atoms with van der Waals surface area (Å²) in [6.07, 6.45) is -1.39. The van der Waals surface area contributed by atoms with Crippen LogP contribution in [0.4, 0.5) is 21.0 Å². The van der Waals surface area contributed by atoms with Gasteiger partial charge in [0.25, 0.3) is 0 Å². The minimum atomic E-state index is -1.43. The number of nitrogens with two attached hydrogens (primary N) is 3. The van der Waals surface area contributed by atoms with Crippen LogP contribution in [0.1, 0.15) is 81.8 Å². The molecule has 322 valence electrons. The fourth-order valence-electron chi connectivity index (χ4n) is 6.11. The highest BCUT2D eigenvalue weighted by Gasteiger charge is 2.32. The Hall–Kier alpha value is -6.37. The number of primary amides is 2. The number of carboxylic acids is 2. The fraction of sp³-hybridized carbons (Fsp3) is 0.475. The topological polar surface area (TPSA) is 332 Å². The number of aryl methyl sites for hydroxylation is 1. The van der Waals surface area contributed by atoms with E-state index < -0.39 is 90.7 Å². The quantitative estimate of drug-likeness (QED) is 0.0552. The van der Waals surface area contributed by atoms with Gasteiger partial charge in [-0.3, -0.25) is 33.6 Å². The normalized spacial score (nSPS) is 12.8. The number of nitrogens with one attached hydrogen (secondary N) is 5. The lowest BCUT2D eigenvalue weighted by Gasteiger charge is -2.24. The van der Waals surface area contributed by atoms with Crippen LogP contribution in [0.5, 0.6) is 0 Å². The van der Waals surface area contributed by atoms with E-state index in [0.29, 0.717) is 36.2 Å². The van der Waals surface area contributed by atoms with Crippen molar-refractivity contribution in [2.45, 2.75) is 96.1 Å². The summed E-state index contributed by atoms with van der Waals surface area (Å²) < 4.78 is 0. The van der Waals surface area contributed by atoms with Crippen LogP contribution >= 0.6 is 0 Å². The molecule has 0 saturated carbocycles. The first-order valence-electron chi connectivity index (χ1n) is 19.3. The highest BCUT2D eigenvalue weighted by molar-refractivity contribution is 6.00. The lowest BCUT2D eigenvalue weighted by atomic mass is 9.89. The molecular formula is C40H56N8O11. The molecular weight excluding hydrogens is 768 g/mol. The number of carboxylic acid groups (broad SMARTS) is 2. The van der Waals surface area contributed by atoms with Crippen molar-refractivity contribution in [3.63, 3.8) is 0 Å². The van der Waals surface area contributed by atoms with Crippen LogP contribution in [-0.2, 0) is 40.0 Å². The summed E-state index contributed by atoms with van der Waals surface area (Å²) in [6, 6.07) is 10.0. The third-order valence-electron chi connectivity index (χ3n) is 9.36. The van der Waals surface area contributed by atoms with E-state index >= 15 is 0 Å². The van der Waals surface area contributed by atoms with Gasteiger partial charge >= 0.3 is 24.0 Å². The first-order valence-corrected chi connectivity index (χ1v) is 19.3. The summed E-state index contributed by atoms with van der Waals surface area (Å²) in [4.78, 5) is 113. The highest BCUT2D eigenvalue weighted by atomic mass is 16.4. The molecule has 0 aliphatic rings. The molecule has 2 aromatic carbocycles. The predicted molar refractivity (Wildman–Crippen MR) is 217 cm³/mol. The minimum Gasteiger partial charge on any atom is -0.481 e. The highest BCUT2D eigenvalue weighted by Crippen LogP contribution is 2.21. The van der Waals surface area contributed by atoms with Crippen LogP contribution in [0.15, 0.2) is 48.5 Å². The summed E-state index contributed by atoms with van der Waals surface area (Å²) in [5, 5.41) is 31.6. The van der Waals surface area contributed by atoms with Crippen LogP contribution in [-0.4, -0.2) is 88.7 Å². The Morgan fingerprint density at radius 2 is 1.29 bits per heavy atom. The summed E-state index contributed by atoms with van der Waals surface area (Å²) in [5.41, 5.74) is 18.6. The summed E-state index contributed by atoms with van der Waals surface area (Å²) in [7, 11) is 0. The molecule has 0 fully saturated rings. The zero-order valence-electron chi connectivity index (χ0n) is 33.1. The van der Waals surface area contributed by atoms with Crippen molar-refractivity contribution in [2.75, 3.05) is 23.7 Å². The first-order chi connectivity index (χ1) is 28.0. The summed E-state index contributed by atoms with van der Waals surface area (Å²) >= 11 is 0. The van der Waals surface area contributed by atoms with Crippen molar-refractivity contribution >= 4 is 64.7 Å². The average Bonchev–Trinajstić information content (AvgIpc) is 3.16. The molecule has 19 heteroatoms. The van der Waals surface area contributed by atoms with Crippen LogP contribution in [0, 0.1) is 18.8 Å². The fourth-order valence-corrected chi connectivity index (χ4v) is 6.11.